The van der Waals surface area contributed by atoms with Gasteiger partial charge in [0, 0.05) is 30.9 Å². The van der Waals surface area contributed by atoms with Gasteiger partial charge in [-0.25, -0.2) is 4.98 Å². The van der Waals surface area contributed by atoms with E-state index in [2.05, 4.69) is 44.1 Å². The zero-order valence-electron chi connectivity index (χ0n) is 10.7. The normalized spacial score (nSPS) is 28.7. The van der Waals surface area contributed by atoms with Gasteiger partial charge >= 0.3 is 0 Å². The molecule has 2 bridgehead atoms. The molecule has 0 saturated carbocycles. The van der Waals surface area contributed by atoms with Gasteiger partial charge in [0.05, 0.1) is 12.0 Å². The third kappa shape index (κ3) is 1.71. The van der Waals surface area contributed by atoms with E-state index in [1.54, 1.807) is 6.33 Å². The minimum atomic E-state index is 0.190. The van der Waals surface area contributed by atoms with Gasteiger partial charge in [-0.3, -0.25) is 9.88 Å². The number of H-pyrrole nitrogens is 1. The van der Waals surface area contributed by atoms with Gasteiger partial charge in [0.2, 0.25) is 0 Å². The van der Waals surface area contributed by atoms with Gasteiger partial charge in [0.25, 0.3) is 0 Å². The average molecular weight is 252 g/mol. The number of hydrogen-bond acceptors (Lipinski definition) is 3. The molecule has 1 N–H and O–H groups in total. The molecule has 2 aromatic heterocycles. The third-order valence-electron chi connectivity index (χ3n) is 4.28. The Balaban J connectivity index is 1.70. The monoisotopic (exact) mass is 252 g/mol. The summed E-state index contributed by atoms with van der Waals surface area (Å²) in [6.07, 6.45) is 11.4. The van der Waals surface area contributed by atoms with Crippen molar-refractivity contribution in [2.75, 3.05) is 19.6 Å². The highest BCUT2D eigenvalue weighted by molar-refractivity contribution is 5.53. The van der Waals surface area contributed by atoms with Crippen molar-refractivity contribution in [3.8, 4) is 11.4 Å². The number of imidazole rings is 1. The van der Waals surface area contributed by atoms with Crippen LogP contribution in [0.5, 0.6) is 0 Å². The van der Waals surface area contributed by atoms with Crippen molar-refractivity contribution in [3.05, 3.63) is 48.6 Å². The lowest BCUT2D eigenvalue weighted by molar-refractivity contribution is 0.345. The Bertz CT molecular complexity index is 600. The standard InChI is InChI=1S/C15H16N4/c1-4-15(5-7-19(6-1)10-15)12-2-3-13(17-8-12)14-9-16-11-18-14/h1-4,8-9,11H,5-7,10H2,(H,16,18). The summed E-state index contributed by atoms with van der Waals surface area (Å²) in [6.45, 7) is 3.42. The van der Waals surface area contributed by atoms with Crippen LogP contribution in [0.2, 0.25) is 0 Å². The van der Waals surface area contributed by atoms with Gasteiger partial charge in [-0.2, -0.15) is 0 Å². The fraction of sp³-hybridized carbons (Fsp3) is 0.333. The molecule has 96 valence electrons. The molecular formula is C15H16N4. The predicted octanol–water partition coefficient (Wildman–Crippen LogP) is 1.98. The zero-order chi connectivity index (χ0) is 12.7. The summed E-state index contributed by atoms with van der Waals surface area (Å²) >= 11 is 0. The van der Waals surface area contributed by atoms with E-state index in [0.29, 0.717) is 0 Å². The lowest BCUT2D eigenvalue weighted by atomic mass is 9.79. The highest BCUT2D eigenvalue weighted by Crippen LogP contribution is 2.38. The molecule has 0 aromatic carbocycles. The SMILES string of the molecule is C1=CC2(c3ccc(-c4c[nH]cn4)nc3)CCN(C1)C2. The quantitative estimate of drug-likeness (QED) is 0.831. The maximum absolute atomic E-state index is 4.57. The van der Waals surface area contributed by atoms with Gasteiger partial charge in [0.15, 0.2) is 0 Å². The van der Waals surface area contributed by atoms with Crippen LogP contribution >= 0.6 is 0 Å². The molecule has 0 aliphatic carbocycles. The number of aromatic amines is 1. The third-order valence-corrected chi connectivity index (χ3v) is 4.28. The number of nitrogens with one attached hydrogen (secondary N) is 1. The maximum atomic E-state index is 4.57. The second-order valence-corrected chi connectivity index (χ2v) is 5.43. The fourth-order valence-electron chi connectivity index (χ4n) is 3.21. The molecule has 19 heavy (non-hydrogen) atoms. The first kappa shape index (κ1) is 10.9. The first-order valence-corrected chi connectivity index (χ1v) is 6.72. The Kier molecular flexibility index (Phi) is 2.32. The van der Waals surface area contributed by atoms with Crippen LogP contribution in [-0.2, 0) is 5.41 Å². The second kappa shape index (κ2) is 4.03. The Morgan fingerprint density at radius 1 is 1.21 bits per heavy atom. The van der Waals surface area contributed by atoms with Crippen molar-refractivity contribution in [1.29, 1.82) is 0 Å². The van der Waals surface area contributed by atoms with Crippen LogP contribution in [0.3, 0.4) is 0 Å². The van der Waals surface area contributed by atoms with Crippen LogP contribution in [0.4, 0.5) is 0 Å². The molecule has 2 unspecified atom stereocenters. The molecule has 4 rings (SSSR count). The lowest BCUT2D eigenvalue weighted by Crippen LogP contribution is -2.33. The van der Waals surface area contributed by atoms with Crippen LogP contribution in [0, 0.1) is 0 Å². The highest BCUT2D eigenvalue weighted by atomic mass is 15.2. The van der Waals surface area contributed by atoms with Crippen LogP contribution in [-0.4, -0.2) is 39.5 Å². The molecule has 1 saturated heterocycles. The van der Waals surface area contributed by atoms with Crippen molar-refractivity contribution in [2.45, 2.75) is 11.8 Å². The highest BCUT2D eigenvalue weighted by Gasteiger charge is 2.39. The van der Waals surface area contributed by atoms with E-state index in [0.717, 1.165) is 24.5 Å². The van der Waals surface area contributed by atoms with E-state index in [4.69, 9.17) is 0 Å². The number of hydrogen-bond donors (Lipinski definition) is 1. The smallest absolute Gasteiger partial charge is 0.106 e. The molecule has 4 heterocycles. The van der Waals surface area contributed by atoms with Gasteiger partial charge in [-0.15, -0.1) is 0 Å². The largest absolute Gasteiger partial charge is 0.351 e. The molecule has 4 nitrogen and oxygen atoms in total. The summed E-state index contributed by atoms with van der Waals surface area (Å²) in [7, 11) is 0. The van der Waals surface area contributed by atoms with Crippen LogP contribution < -0.4 is 0 Å². The number of pyridine rings is 1. The summed E-state index contributed by atoms with van der Waals surface area (Å²) in [4.78, 5) is 14.3. The maximum Gasteiger partial charge on any atom is 0.106 e. The van der Waals surface area contributed by atoms with Crippen LogP contribution in [0.25, 0.3) is 11.4 Å². The van der Waals surface area contributed by atoms with Crippen molar-refractivity contribution in [3.63, 3.8) is 0 Å². The molecule has 1 fully saturated rings. The lowest BCUT2D eigenvalue weighted by Gasteiger charge is -2.29. The molecule has 0 radical (unpaired) electrons. The first-order valence-electron chi connectivity index (χ1n) is 6.72. The molecule has 2 aromatic rings. The summed E-state index contributed by atoms with van der Waals surface area (Å²) in [5.74, 6) is 0. The molecule has 0 spiro atoms. The molecular weight excluding hydrogens is 236 g/mol. The molecule has 4 heteroatoms. The fourth-order valence-corrected chi connectivity index (χ4v) is 3.21. The molecule has 2 aliphatic rings. The van der Waals surface area contributed by atoms with Crippen molar-refractivity contribution in [1.82, 2.24) is 19.9 Å². The first-order chi connectivity index (χ1) is 9.36. The zero-order valence-corrected chi connectivity index (χ0v) is 10.7. The topological polar surface area (TPSA) is 44.8 Å². The summed E-state index contributed by atoms with van der Waals surface area (Å²) in [6, 6.07) is 4.28. The van der Waals surface area contributed by atoms with E-state index < -0.39 is 0 Å². The van der Waals surface area contributed by atoms with Crippen molar-refractivity contribution >= 4 is 0 Å². The molecule has 0 amide bonds. The van der Waals surface area contributed by atoms with E-state index >= 15 is 0 Å². The van der Waals surface area contributed by atoms with Gasteiger partial charge < -0.3 is 4.98 Å². The average Bonchev–Trinajstić information content (AvgIpc) is 3.09. The minimum Gasteiger partial charge on any atom is -0.351 e. The van der Waals surface area contributed by atoms with Gasteiger partial charge in [-0.1, -0.05) is 18.2 Å². The number of rotatable bonds is 2. The Hall–Kier alpha value is -1.94. The minimum absolute atomic E-state index is 0.190. The molecule has 2 aliphatic heterocycles. The van der Waals surface area contributed by atoms with Gasteiger partial charge in [-0.05, 0) is 24.6 Å². The van der Waals surface area contributed by atoms with E-state index in [-0.39, 0.29) is 5.41 Å². The number of nitrogens with zero attached hydrogens (tertiary/aromatic N) is 3. The van der Waals surface area contributed by atoms with E-state index in [1.165, 1.54) is 18.5 Å². The van der Waals surface area contributed by atoms with Crippen molar-refractivity contribution < 1.29 is 0 Å². The Labute approximate surface area is 112 Å². The van der Waals surface area contributed by atoms with Gasteiger partial charge in [0.1, 0.15) is 5.69 Å². The molecule has 2 atom stereocenters. The van der Waals surface area contributed by atoms with Crippen molar-refractivity contribution in [2.24, 2.45) is 0 Å². The Morgan fingerprint density at radius 2 is 2.21 bits per heavy atom. The summed E-state index contributed by atoms with van der Waals surface area (Å²) in [5.41, 5.74) is 3.34. The summed E-state index contributed by atoms with van der Waals surface area (Å²) in [5, 5.41) is 0. The van der Waals surface area contributed by atoms with E-state index in [9.17, 15) is 0 Å². The van der Waals surface area contributed by atoms with Crippen LogP contribution in [0.15, 0.2) is 43.0 Å². The summed E-state index contributed by atoms with van der Waals surface area (Å²) < 4.78 is 0. The number of aromatic nitrogens is 3. The van der Waals surface area contributed by atoms with E-state index in [1.807, 2.05) is 12.4 Å². The number of fused-ring (bicyclic) bond motifs is 2. The predicted molar refractivity (Wildman–Crippen MR) is 73.7 cm³/mol. The Morgan fingerprint density at radius 3 is 3.00 bits per heavy atom. The second-order valence-electron chi connectivity index (χ2n) is 5.43. The van der Waals surface area contributed by atoms with Crippen LogP contribution in [0.1, 0.15) is 12.0 Å².